The zero-order chi connectivity index (χ0) is 9.46. The third kappa shape index (κ3) is 0.981. The summed E-state index contributed by atoms with van der Waals surface area (Å²) in [6, 6.07) is 0. The van der Waals surface area contributed by atoms with Crippen molar-refractivity contribution in [1.82, 2.24) is 0 Å². The molecule has 0 radical (unpaired) electrons. The minimum Gasteiger partial charge on any atom is -0.304 e. The zero-order valence-electron chi connectivity index (χ0n) is 7.41. The Bertz CT molecular complexity index is 288. The van der Waals surface area contributed by atoms with Crippen molar-refractivity contribution in [2.24, 2.45) is 5.92 Å². The van der Waals surface area contributed by atoms with Gasteiger partial charge >= 0.3 is 0 Å². The van der Waals surface area contributed by atoms with Crippen molar-refractivity contribution in [3.8, 4) is 0 Å². The van der Waals surface area contributed by atoms with Crippen LogP contribution in [-0.2, 0) is 0 Å². The van der Waals surface area contributed by atoms with E-state index in [2.05, 4.69) is 26.3 Å². The van der Waals surface area contributed by atoms with E-state index >= 15 is 0 Å². The number of hydrogen-bond acceptors (Lipinski definition) is 1. The van der Waals surface area contributed by atoms with Crippen LogP contribution in [0.25, 0.3) is 0 Å². The molecule has 0 spiro atoms. The Morgan fingerprint density at radius 3 is 2.00 bits per heavy atom. The van der Waals surface area contributed by atoms with Crippen molar-refractivity contribution in [1.29, 1.82) is 5.41 Å². The zero-order valence-corrected chi connectivity index (χ0v) is 7.41. The summed E-state index contributed by atoms with van der Waals surface area (Å²) in [5.41, 5.74) is 3.68. The van der Waals surface area contributed by atoms with Crippen LogP contribution in [0.5, 0.6) is 0 Å². The van der Waals surface area contributed by atoms with Gasteiger partial charge in [0.15, 0.2) is 0 Å². The maximum atomic E-state index is 7.69. The molecule has 0 heterocycles. The predicted molar refractivity (Wildman–Crippen MR) is 53.5 cm³/mol. The van der Waals surface area contributed by atoms with Gasteiger partial charge in [0.05, 0.1) is 0 Å². The van der Waals surface area contributed by atoms with Gasteiger partial charge in [-0.2, -0.15) is 0 Å². The normalized spacial score (nSPS) is 25.1. The highest BCUT2D eigenvalue weighted by atomic mass is 14.5. The minimum atomic E-state index is 0.0375. The number of rotatable bonds is 0. The van der Waals surface area contributed by atoms with E-state index in [0.29, 0.717) is 11.3 Å². The molecular weight excluding hydrogens is 146 g/mol. The molecule has 1 aliphatic carbocycles. The molecule has 1 saturated carbocycles. The molecular formula is C11H13N. The molecule has 0 bridgehead atoms. The van der Waals surface area contributed by atoms with Crippen molar-refractivity contribution in [2.45, 2.75) is 6.92 Å². The van der Waals surface area contributed by atoms with Crippen LogP contribution in [-0.4, -0.2) is 5.71 Å². The smallest absolute Gasteiger partial charge is 0.0458 e. The summed E-state index contributed by atoms with van der Waals surface area (Å²) in [5.74, 6) is 0.0375. The van der Waals surface area contributed by atoms with Crippen LogP contribution in [0.3, 0.4) is 0 Å². The van der Waals surface area contributed by atoms with E-state index in [-0.39, 0.29) is 5.92 Å². The van der Waals surface area contributed by atoms with Crippen molar-refractivity contribution in [2.75, 3.05) is 0 Å². The van der Waals surface area contributed by atoms with Crippen LogP contribution >= 0.6 is 0 Å². The molecule has 0 amide bonds. The molecule has 1 rings (SSSR count). The van der Waals surface area contributed by atoms with Crippen LogP contribution in [0.15, 0.2) is 48.6 Å². The van der Waals surface area contributed by atoms with Gasteiger partial charge in [-0.15, -0.1) is 0 Å². The van der Waals surface area contributed by atoms with Gasteiger partial charge in [0.25, 0.3) is 0 Å². The van der Waals surface area contributed by atoms with Gasteiger partial charge in [-0.1, -0.05) is 33.2 Å². The molecule has 1 nitrogen and oxygen atoms in total. The Balaban J connectivity index is 3.16. The van der Waals surface area contributed by atoms with Crippen molar-refractivity contribution >= 4 is 5.71 Å². The van der Waals surface area contributed by atoms with Gasteiger partial charge in [0.1, 0.15) is 0 Å². The first kappa shape index (κ1) is 8.72. The Morgan fingerprint density at radius 1 is 1.00 bits per heavy atom. The quantitative estimate of drug-likeness (QED) is 0.562. The lowest BCUT2D eigenvalue weighted by molar-refractivity contribution is 0.906. The molecule has 12 heavy (non-hydrogen) atoms. The van der Waals surface area contributed by atoms with Gasteiger partial charge in [0.2, 0.25) is 0 Å². The monoisotopic (exact) mass is 159 g/mol. The molecule has 0 aliphatic heterocycles. The SMILES string of the molecule is C=C1C(=C)C(=C)C(C)C(=N)C1=C. The highest BCUT2D eigenvalue weighted by Gasteiger charge is 2.26. The molecule has 0 aromatic carbocycles. The summed E-state index contributed by atoms with van der Waals surface area (Å²) >= 11 is 0. The second-order valence-corrected chi connectivity index (χ2v) is 3.10. The standard InChI is InChI=1S/C11H13N/c1-6-7(2)9(4)11(12)10(5)8(6)3/h10,12H,1-4H2,5H3. The fraction of sp³-hybridized carbons (Fsp3) is 0.182. The third-order valence-corrected chi connectivity index (χ3v) is 2.40. The molecule has 62 valence electrons. The van der Waals surface area contributed by atoms with Crippen LogP contribution < -0.4 is 0 Å². The molecule has 1 heteroatoms. The number of nitrogens with one attached hydrogen (secondary N) is 1. The first-order chi connectivity index (χ1) is 5.46. The summed E-state index contributed by atoms with van der Waals surface area (Å²) in [4.78, 5) is 0. The van der Waals surface area contributed by atoms with Crippen molar-refractivity contribution in [3.63, 3.8) is 0 Å². The van der Waals surface area contributed by atoms with E-state index in [4.69, 9.17) is 5.41 Å². The van der Waals surface area contributed by atoms with Crippen molar-refractivity contribution in [3.05, 3.63) is 48.6 Å². The Kier molecular flexibility index (Phi) is 1.89. The number of hydrogen-bond donors (Lipinski definition) is 1. The van der Waals surface area contributed by atoms with Gasteiger partial charge in [0, 0.05) is 11.6 Å². The van der Waals surface area contributed by atoms with Gasteiger partial charge in [-0.3, -0.25) is 0 Å². The summed E-state index contributed by atoms with van der Waals surface area (Å²) in [6.45, 7) is 17.3. The first-order valence-corrected chi connectivity index (χ1v) is 3.82. The van der Waals surface area contributed by atoms with Gasteiger partial charge < -0.3 is 5.41 Å². The minimum absolute atomic E-state index is 0.0375. The third-order valence-electron chi connectivity index (χ3n) is 2.40. The van der Waals surface area contributed by atoms with Gasteiger partial charge in [-0.05, 0) is 22.3 Å². The van der Waals surface area contributed by atoms with E-state index in [9.17, 15) is 0 Å². The van der Waals surface area contributed by atoms with Gasteiger partial charge in [-0.25, -0.2) is 0 Å². The Labute approximate surface area is 73.3 Å². The summed E-state index contributed by atoms with van der Waals surface area (Å²) in [5, 5.41) is 7.69. The highest BCUT2D eigenvalue weighted by Crippen LogP contribution is 2.34. The summed E-state index contributed by atoms with van der Waals surface area (Å²) in [6.07, 6.45) is 0. The predicted octanol–water partition coefficient (Wildman–Crippen LogP) is 2.88. The van der Waals surface area contributed by atoms with Crippen molar-refractivity contribution < 1.29 is 0 Å². The second-order valence-electron chi connectivity index (χ2n) is 3.10. The average Bonchev–Trinajstić information content (AvgIpc) is 2.08. The number of allylic oxidation sites excluding steroid dienone is 4. The maximum Gasteiger partial charge on any atom is 0.0458 e. The summed E-state index contributed by atoms with van der Waals surface area (Å²) < 4.78 is 0. The van der Waals surface area contributed by atoms with E-state index in [1.54, 1.807) is 0 Å². The van der Waals surface area contributed by atoms with Crippen LogP contribution in [0, 0.1) is 11.3 Å². The first-order valence-electron chi connectivity index (χ1n) is 3.82. The van der Waals surface area contributed by atoms with Crippen LogP contribution in [0.2, 0.25) is 0 Å². The topological polar surface area (TPSA) is 23.9 Å². The highest BCUT2D eigenvalue weighted by molar-refractivity contribution is 6.08. The maximum absolute atomic E-state index is 7.69. The molecule has 0 aromatic rings. The second kappa shape index (κ2) is 2.59. The Hall–Kier alpha value is -1.37. The molecule has 1 atom stereocenters. The average molecular weight is 159 g/mol. The lowest BCUT2D eigenvalue weighted by Gasteiger charge is -2.27. The molecule has 1 fully saturated rings. The largest absolute Gasteiger partial charge is 0.304 e. The lowest BCUT2D eigenvalue weighted by Crippen LogP contribution is -2.22. The van der Waals surface area contributed by atoms with E-state index in [1.807, 2.05) is 6.92 Å². The van der Waals surface area contributed by atoms with E-state index in [1.165, 1.54) is 0 Å². The molecule has 1 aliphatic rings. The van der Waals surface area contributed by atoms with Crippen LogP contribution in [0.4, 0.5) is 0 Å². The Morgan fingerprint density at radius 2 is 1.50 bits per heavy atom. The lowest BCUT2D eigenvalue weighted by atomic mass is 9.77. The molecule has 0 aromatic heterocycles. The van der Waals surface area contributed by atoms with E-state index < -0.39 is 0 Å². The fourth-order valence-corrected chi connectivity index (χ4v) is 1.24. The molecule has 0 saturated heterocycles. The van der Waals surface area contributed by atoms with E-state index in [0.717, 1.165) is 16.7 Å². The van der Waals surface area contributed by atoms with Crippen LogP contribution in [0.1, 0.15) is 6.92 Å². The molecule has 1 unspecified atom stereocenters. The summed E-state index contributed by atoms with van der Waals surface area (Å²) in [7, 11) is 0. The fourth-order valence-electron chi connectivity index (χ4n) is 1.24. The molecule has 1 N–H and O–H groups in total.